The van der Waals surface area contributed by atoms with E-state index in [0.29, 0.717) is 19.3 Å². The van der Waals surface area contributed by atoms with E-state index in [1.807, 2.05) is 46.7 Å². The van der Waals surface area contributed by atoms with Gasteiger partial charge >= 0.3 is 0 Å². The van der Waals surface area contributed by atoms with E-state index >= 15 is 0 Å². The fourth-order valence-corrected chi connectivity index (χ4v) is 6.15. The van der Waals surface area contributed by atoms with Crippen LogP contribution in [0.15, 0.2) is 0 Å². The van der Waals surface area contributed by atoms with Crippen molar-refractivity contribution in [3.63, 3.8) is 0 Å². The first kappa shape index (κ1) is 37.5. The van der Waals surface area contributed by atoms with Crippen LogP contribution < -0.4 is 10.6 Å². The summed E-state index contributed by atoms with van der Waals surface area (Å²) in [4.78, 5) is 68.3. The second kappa shape index (κ2) is 18.2. The van der Waals surface area contributed by atoms with Crippen LogP contribution in [0.2, 0.25) is 0 Å². The minimum atomic E-state index is -0.585. The highest BCUT2D eigenvalue weighted by Crippen LogP contribution is 2.29. The van der Waals surface area contributed by atoms with E-state index in [0.717, 1.165) is 12.8 Å². The van der Waals surface area contributed by atoms with Crippen LogP contribution in [0, 0.1) is 17.8 Å². The van der Waals surface area contributed by atoms with Gasteiger partial charge in [0, 0.05) is 27.8 Å². The Morgan fingerprint density at radius 1 is 1.00 bits per heavy atom. The molecule has 1 aliphatic rings. The lowest BCUT2D eigenvalue weighted by Crippen LogP contribution is -2.55. The van der Waals surface area contributed by atoms with E-state index < -0.39 is 24.2 Å². The molecule has 1 saturated heterocycles. The number of likely N-dealkylation sites (N-methyl/N-ethyl adjacent to an activating group) is 2. The average Bonchev–Trinajstić information content (AvgIpc) is 3.43. The number of amides is 4. The minimum Gasteiger partial charge on any atom is -0.379 e. The standard InChI is InChI=1S/C30H55N5O7/c1-11-20(4)27(34(8)25(38)18-32-30(40)26(19(2)3)33(6)7)23(41-9)17-24(37)35-15-12-13-22(35)28(42-10)21(5)29(39)31-14-16-36/h16,19-23,26-28H,11-15,17-18H2,1-10H3,(H,31,39)(H,32,40)/t20-,21+,22-,23+,26-,27-,28+/m0/s1. The van der Waals surface area contributed by atoms with Crippen molar-refractivity contribution in [3.05, 3.63) is 0 Å². The van der Waals surface area contributed by atoms with E-state index in [1.54, 1.807) is 23.8 Å². The predicted octanol–water partition coefficient (Wildman–Crippen LogP) is 0.924. The molecule has 0 bridgehead atoms. The molecule has 7 atom stereocenters. The fourth-order valence-electron chi connectivity index (χ4n) is 6.15. The fraction of sp³-hybridized carbons (Fsp3) is 0.833. The van der Waals surface area contributed by atoms with Gasteiger partial charge in [-0.3, -0.25) is 24.1 Å². The van der Waals surface area contributed by atoms with Gasteiger partial charge in [0.25, 0.3) is 0 Å². The maximum absolute atomic E-state index is 13.7. The average molecular weight is 598 g/mol. The van der Waals surface area contributed by atoms with Crippen molar-refractivity contribution in [2.75, 3.05) is 55.0 Å². The number of nitrogens with one attached hydrogen (secondary N) is 2. The van der Waals surface area contributed by atoms with Gasteiger partial charge < -0.3 is 34.7 Å². The van der Waals surface area contributed by atoms with Crippen molar-refractivity contribution in [1.82, 2.24) is 25.3 Å². The molecular formula is C30H55N5O7. The summed E-state index contributed by atoms with van der Waals surface area (Å²) in [6.07, 6.45) is 1.75. The Balaban J connectivity index is 3.06. The number of methoxy groups -OCH3 is 2. The van der Waals surface area contributed by atoms with Gasteiger partial charge in [-0.2, -0.15) is 0 Å². The molecule has 0 saturated carbocycles. The number of ether oxygens (including phenoxy) is 2. The number of carbonyl (C=O) groups excluding carboxylic acids is 5. The lowest BCUT2D eigenvalue weighted by Gasteiger charge is -2.39. The van der Waals surface area contributed by atoms with Gasteiger partial charge in [-0.25, -0.2) is 0 Å². The van der Waals surface area contributed by atoms with Crippen molar-refractivity contribution in [3.8, 4) is 0 Å². The summed E-state index contributed by atoms with van der Waals surface area (Å²) in [5, 5.41) is 5.35. The van der Waals surface area contributed by atoms with Gasteiger partial charge in [-0.05, 0) is 38.8 Å². The maximum atomic E-state index is 13.7. The second-order valence-corrected chi connectivity index (χ2v) is 11.9. The summed E-state index contributed by atoms with van der Waals surface area (Å²) < 4.78 is 11.6. The van der Waals surface area contributed by atoms with Crippen molar-refractivity contribution >= 4 is 29.9 Å². The number of nitrogens with zero attached hydrogens (tertiary/aromatic N) is 3. The Kier molecular flexibility index (Phi) is 16.2. The molecule has 42 heavy (non-hydrogen) atoms. The molecule has 12 nitrogen and oxygen atoms in total. The van der Waals surface area contributed by atoms with Crippen LogP contribution in [0.4, 0.5) is 0 Å². The van der Waals surface area contributed by atoms with Gasteiger partial charge in [-0.15, -0.1) is 0 Å². The van der Waals surface area contributed by atoms with Crippen LogP contribution in [0.3, 0.4) is 0 Å². The quantitative estimate of drug-likeness (QED) is 0.223. The van der Waals surface area contributed by atoms with Crippen LogP contribution in [0.1, 0.15) is 60.3 Å². The Morgan fingerprint density at radius 3 is 2.14 bits per heavy atom. The molecule has 0 unspecified atom stereocenters. The monoisotopic (exact) mass is 597 g/mol. The number of hydrogen-bond acceptors (Lipinski definition) is 8. The number of rotatable bonds is 18. The van der Waals surface area contributed by atoms with E-state index in [4.69, 9.17) is 9.47 Å². The molecule has 0 aromatic rings. The molecular weight excluding hydrogens is 542 g/mol. The Morgan fingerprint density at radius 2 is 1.64 bits per heavy atom. The zero-order valence-corrected chi connectivity index (χ0v) is 27.3. The van der Waals surface area contributed by atoms with Gasteiger partial charge in [0.2, 0.25) is 23.6 Å². The summed E-state index contributed by atoms with van der Waals surface area (Å²) in [7, 11) is 8.41. The lowest BCUT2D eigenvalue weighted by molar-refractivity contribution is -0.146. The number of likely N-dealkylation sites (tertiary alicyclic amines) is 1. The third kappa shape index (κ3) is 10.0. The molecule has 0 radical (unpaired) electrons. The normalized spacial score (nSPS) is 19.5. The van der Waals surface area contributed by atoms with Crippen molar-refractivity contribution in [2.45, 2.75) is 90.6 Å². The zero-order chi connectivity index (χ0) is 32.1. The van der Waals surface area contributed by atoms with E-state index in [-0.39, 0.29) is 67.1 Å². The van der Waals surface area contributed by atoms with Gasteiger partial charge in [-0.1, -0.05) is 41.0 Å². The van der Waals surface area contributed by atoms with Crippen LogP contribution in [-0.2, 0) is 33.4 Å². The largest absolute Gasteiger partial charge is 0.379 e. The molecule has 1 fully saturated rings. The van der Waals surface area contributed by atoms with Crippen LogP contribution in [0.5, 0.6) is 0 Å². The SMILES string of the molecule is CC[C@H](C)[C@@H]([C@@H](CC(=O)N1CCC[C@H]1[C@H](OC)[C@@H](C)C(=O)NCC=O)OC)N(C)C(=O)CNC(=O)[C@H](C(C)C)N(C)C. The third-order valence-electron chi connectivity index (χ3n) is 8.53. The van der Waals surface area contributed by atoms with Crippen LogP contribution >= 0.6 is 0 Å². The summed E-state index contributed by atoms with van der Waals surface area (Å²) >= 11 is 0. The molecule has 1 aliphatic heterocycles. The molecule has 12 heteroatoms. The highest BCUT2D eigenvalue weighted by Gasteiger charge is 2.42. The third-order valence-corrected chi connectivity index (χ3v) is 8.53. The first-order chi connectivity index (χ1) is 19.8. The summed E-state index contributed by atoms with van der Waals surface area (Å²) in [6.45, 7) is 9.98. The highest BCUT2D eigenvalue weighted by molar-refractivity contribution is 5.87. The van der Waals surface area contributed by atoms with Crippen LogP contribution in [-0.4, -0.2) is 130 Å². The molecule has 1 heterocycles. The van der Waals surface area contributed by atoms with Crippen LogP contribution in [0.25, 0.3) is 0 Å². The summed E-state index contributed by atoms with van der Waals surface area (Å²) in [5.74, 6) is -1.40. The molecule has 0 aromatic carbocycles. The number of hydrogen-bond donors (Lipinski definition) is 2. The second-order valence-electron chi connectivity index (χ2n) is 11.9. The van der Waals surface area contributed by atoms with E-state index in [1.165, 1.54) is 14.2 Å². The first-order valence-electron chi connectivity index (χ1n) is 15.0. The first-order valence-corrected chi connectivity index (χ1v) is 15.0. The van der Waals surface area contributed by atoms with Crippen molar-refractivity contribution < 1.29 is 33.4 Å². The van der Waals surface area contributed by atoms with Gasteiger partial charge in [0.15, 0.2) is 0 Å². The predicted molar refractivity (Wildman–Crippen MR) is 161 cm³/mol. The van der Waals surface area contributed by atoms with Gasteiger partial charge in [0.05, 0.1) is 55.8 Å². The topological polar surface area (TPSA) is 138 Å². The smallest absolute Gasteiger partial charge is 0.242 e. The van der Waals surface area contributed by atoms with E-state index in [9.17, 15) is 24.0 Å². The molecule has 0 aliphatic carbocycles. The Bertz CT molecular complexity index is 891. The molecule has 1 rings (SSSR count). The number of carbonyl (C=O) groups is 5. The molecule has 4 amide bonds. The summed E-state index contributed by atoms with van der Waals surface area (Å²) in [6, 6.07) is -1.07. The minimum absolute atomic E-state index is 0.0141. The maximum Gasteiger partial charge on any atom is 0.242 e. The highest BCUT2D eigenvalue weighted by atomic mass is 16.5. The lowest BCUT2D eigenvalue weighted by atomic mass is 9.90. The molecule has 0 aromatic heterocycles. The van der Waals surface area contributed by atoms with Gasteiger partial charge in [0.1, 0.15) is 6.29 Å². The summed E-state index contributed by atoms with van der Waals surface area (Å²) in [5.41, 5.74) is 0. The number of aldehydes is 1. The Hall–Kier alpha value is -2.57. The zero-order valence-electron chi connectivity index (χ0n) is 27.3. The molecule has 2 N–H and O–H groups in total. The molecule has 242 valence electrons. The Labute approximate surface area is 252 Å². The van der Waals surface area contributed by atoms with E-state index in [2.05, 4.69) is 10.6 Å². The molecule has 0 spiro atoms. The van der Waals surface area contributed by atoms with Crippen molar-refractivity contribution in [2.24, 2.45) is 17.8 Å². The van der Waals surface area contributed by atoms with Crippen molar-refractivity contribution in [1.29, 1.82) is 0 Å².